The Labute approximate surface area is 185 Å². The van der Waals surface area contributed by atoms with Crippen LogP contribution in [0.3, 0.4) is 0 Å². The Balaban J connectivity index is 1.70. The highest BCUT2D eigenvalue weighted by Gasteiger charge is 2.35. The number of aliphatic imine (C=N–C) groups is 1. The smallest absolute Gasteiger partial charge is 0.266 e. The van der Waals surface area contributed by atoms with E-state index in [-0.39, 0.29) is 18.0 Å². The maximum absolute atomic E-state index is 12.8. The second-order valence-electron chi connectivity index (χ2n) is 7.37. The van der Waals surface area contributed by atoms with Gasteiger partial charge in [0.1, 0.15) is 12.4 Å². The van der Waals surface area contributed by atoms with Gasteiger partial charge in [0, 0.05) is 16.6 Å². The number of halogens is 1. The van der Waals surface area contributed by atoms with Gasteiger partial charge in [0.2, 0.25) is 0 Å². The summed E-state index contributed by atoms with van der Waals surface area (Å²) >= 11 is 4.88. The van der Waals surface area contributed by atoms with Crippen LogP contribution in [0.15, 0.2) is 62.9 Å². The van der Waals surface area contributed by atoms with Gasteiger partial charge in [-0.2, -0.15) is 0 Å². The lowest BCUT2D eigenvalue weighted by atomic mass is 10.2. The van der Waals surface area contributed by atoms with Crippen molar-refractivity contribution in [1.82, 2.24) is 4.90 Å². The molecule has 0 aliphatic carbocycles. The molecule has 152 valence electrons. The number of carbonyl (C=O) groups is 1. The van der Waals surface area contributed by atoms with Crippen molar-refractivity contribution < 1.29 is 9.53 Å². The molecule has 1 fully saturated rings. The molecule has 0 aromatic heterocycles. The molecule has 3 rings (SSSR count). The van der Waals surface area contributed by atoms with Crippen molar-refractivity contribution in [3.8, 4) is 5.75 Å². The van der Waals surface area contributed by atoms with E-state index in [2.05, 4.69) is 20.9 Å². The molecule has 1 saturated heterocycles. The summed E-state index contributed by atoms with van der Waals surface area (Å²) in [4.78, 5) is 19.9. The van der Waals surface area contributed by atoms with Crippen molar-refractivity contribution >= 4 is 44.8 Å². The molecular weight excluding hydrogens is 448 g/mol. The Kier molecular flexibility index (Phi) is 7.19. The van der Waals surface area contributed by atoms with Crippen molar-refractivity contribution in [2.75, 3.05) is 0 Å². The molecule has 0 unspecified atom stereocenters. The zero-order valence-corrected chi connectivity index (χ0v) is 19.5. The summed E-state index contributed by atoms with van der Waals surface area (Å²) in [6.07, 6.45) is 1.92. The van der Waals surface area contributed by atoms with Crippen LogP contribution in [-0.2, 0) is 11.4 Å². The first kappa shape index (κ1) is 21.7. The van der Waals surface area contributed by atoms with E-state index in [1.54, 1.807) is 4.90 Å². The van der Waals surface area contributed by atoms with Gasteiger partial charge in [-0.05, 0) is 80.9 Å². The molecule has 0 bridgehead atoms. The lowest BCUT2D eigenvalue weighted by Crippen LogP contribution is -2.35. The number of benzene rings is 2. The Hall–Kier alpha value is -2.05. The zero-order chi connectivity index (χ0) is 21.0. The molecule has 1 heterocycles. The molecule has 6 heteroatoms. The molecule has 29 heavy (non-hydrogen) atoms. The number of rotatable bonds is 6. The molecule has 1 amide bonds. The Morgan fingerprint density at radius 2 is 1.72 bits per heavy atom. The summed E-state index contributed by atoms with van der Waals surface area (Å²) in [6, 6.07) is 16.1. The van der Waals surface area contributed by atoms with Crippen LogP contribution in [-0.4, -0.2) is 28.1 Å². The van der Waals surface area contributed by atoms with E-state index in [0.29, 0.717) is 11.5 Å². The van der Waals surface area contributed by atoms with Crippen LogP contribution in [0.1, 0.15) is 38.8 Å². The highest BCUT2D eigenvalue weighted by atomic mass is 79.9. The standard InChI is InChI=1S/C23H25BrN2O2S/c1-15(2)25-23-26(16(3)4)22(27)21(29-23)13-17-7-11-20(12-8-17)28-14-18-5-9-19(24)10-6-18/h5-13,15-16H,14H2,1-4H3/b21-13+,25-23?. The minimum Gasteiger partial charge on any atom is -0.489 e. The van der Waals surface area contributed by atoms with Gasteiger partial charge in [-0.25, -0.2) is 0 Å². The van der Waals surface area contributed by atoms with Crippen LogP contribution in [0.5, 0.6) is 5.75 Å². The first-order valence-electron chi connectivity index (χ1n) is 9.61. The largest absolute Gasteiger partial charge is 0.489 e. The molecule has 1 aliphatic rings. The van der Waals surface area contributed by atoms with Crippen LogP contribution in [0, 0.1) is 0 Å². The number of hydrogen-bond acceptors (Lipinski definition) is 4. The number of amides is 1. The Morgan fingerprint density at radius 3 is 2.31 bits per heavy atom. The number of thioether (sulfide) groups is 1. The van der Waals surface area contributed by atoms with E-state index in [1.165, 1.54) is 11.8 Å². The third-order valence-electron chi connectivity index (χ3n) is 4.22. The molecule has 0 saturated carbocycles. The SMILES string of the molecule is CC(C)N=C1S/C(=C/c2ccc(OCc3ccc(Br)cc3)cc2)C(=O)N1C(C)C. The summed E-state index contributed by atoms with van der Waals surface area (Å²) in [6.45, 7) is 8.57. The van der Waals surface area contributed by atoms with Crippen LogP contribution in [0.25, 0.3) is 6.08 Å². The van der Waals surface area contributed by atoms with Crippen molar-refractivity contribution in [2.45, 2.75) is 46.4 Å². The number of carbonyl (C=O) groups excluding carboxylic acids is 1. The van der Waals surface area contributed by atoms with E-state index in [0.717, 1.165) is 26.5 Å². The maximum Gasteiger partial charge on any atom is 0.266 e. The average Bonchev–Trinajstić information content (AvgIpc) is 2.97. The second-order valence-corrected chi connectivity index (χ2v) is 9.29. The van der Waals surface area contributed by atoms with Gasteiger partial charge in [-0.3, -0.25) is 14.7 Å². The minimum atomic E-state index is 0.0139. The molecular formula is C23H25BrN2O2S. The van der Waals surface area contributed by atoms with Crippen LogP contribution < -0.4 is 4.74 Å². The molecule has 0 radical (unpaired) electrons. The lowest BCUT2D eigenvalue weighted by molar-refractivity contribution is -0.123. The van der Waals surface area contributed by atoms with Gasteiger partial charge in [-0.1, -0.05) is 40.2 Å². The number of hydrogen-bond donors (Lipinski definition) is 0. The van der Waals surface area contributed by atoms with E-state index in [1.807, 2.05) is 82.3 Å². The summed E-state index contributed by atoms with van der Waals surface area (Å²) < 4.78 is 6.90. The quantitative estimate of drug-likeness (QED) is 0.475. The first-order chi connectivity index (χ1) is 13.8. The van der Waals surface area contributed by atoms with E-state index in [4.69, 9.17) is 4.74 Å². The Morgan fingerprint density at radius 1 is 1.07 bits per heavy atom. The highest BCUT2D eigenvalue weighted by Crippen LogP contribution is 2.34. The summed E-state index contributed by atoms with van der Waals surface area (Å²) in [5.74, 6) is 0.811. The maximum atomic E-state index is 12.8. The van der Waals surface area contributed by atoms with Gasteiger partial charge in [0.25, 0.3) is 5.91 Å². The summed E-state index contributed by atoms with van der Waals surface area (Å²) in [7, 11) is 0. The molecule has 1 aliphatic heterocycles. The van der Waals surface area contributed by atoms with Crippen molar-refractivity contribution in [3.63, 3.8) is 0 Å². The number of ether oxygens (including phenoxy) is 1. The second kappa shape index (κ2) is 9.63. The van der Waals surface area contributed by atoms with Crippen molar-refractivity contribution in [3.05, 3.63) is 69.0 Å². The predicted molar refractivity (Wildman–Crippen MR) is 125 cm³/mol. The minimum absolute atomic E-state index is 0.0139. The fourth-order valence-electron chi connectivity index (χ4n) is 2.81. The molecule has 2 aromatic rings. The lowest BCUT2D eigenvalue weighted by Gasteiger charge is -2.20. The third-order valence-corrected chi connectivity index (χ3v) is 5.74. The van der Waals surface area contributed by atoms with Crippen LogP contribution >= 0.6 is 27.7 Å². The molecule has 0 atom stereocenters. The highest BCUT2D eigenvalue weighted by molar-refractivity contribution is 9.10. The van der Waals surface area contributed by atoms with Gasteiger partial charge < -0.3 is 4.74 Å². The summed E-state index contributed by atoms with van der Waals surface area (Å²) in [5.41, 5.74) is 2.07. The van der Waals surface area contributed by atoms with E-state index in [9.17, 15) is 4.79 Å². The number of amidine groups is 1. The Bertz CT molecular complexity index is 919. The van der Waals surface area contributed by atoms with Crippen LogP contribution in [0.2, 0.25) is 0 Å². The molecule has 0 spiro atoms. The van der Waals surface area contributed by atoms with E-state index < -0.39 is 0 Å². The van der Waals surface area contributed by atoms with Gasteiger partial charge in [0.15, 0.2) is 5.17 Å². The third kappa shape index (κ3) is 5.73. The average molecular weight is 473 g/mol. The van der Waals surface area contributed by atoms with Crippen LogP contribution in [0.4, 0.5) is 0 Å². The molecule has 4 nitrogen and oxygen atoms in total. The predicted octanol–water partition coefficient (Wildman–Crippen LogP) is 6.12. The fourth-order valence-corrected chi connectivity index (χ4v) is 4.31. The molecule has 0 N–H and O–H groups in total. The normalized spacial score (nSPS) is 17.2. The first-order valence-corrected chi connectivity index (χ1v) is 11.2. The van der Waals surface area contributed by atoms with E-state index >= 15 is 0 Å². The summed E-state index contributed by atoms with van der Waals surface area (Å²) in [5, 5.41) is 0.778. The van der Waals surface area contributed by atoms with Crippen molar-refractivity contribution in [1.29, 1.82) is 0 Å². The number of nitrogens with zero attached hydrogens (tertiary/aromatic N) is 2. The zero-order valence-electron chi connectivity index (χ0n) is 17.1. The molecule has 2 aromatic carbocycles. The fraction of sp³-hybridized carbons (Fsp3) is 0.304. The van der Waals surface area contributed by atoms with Gasteiger partial charge in [-0.15, -0.1) is 0 Å². The monoisotopic (exact) mass is 472 g/mol. The topological polar surface area (TPSA) is 41.9 Å². The van der Waals surface area contributed by atoms with Crippen molar-refractivity contribution in [2.24, 2.45) is 4.99 Å². The van der Waals surface area contributed by atoms with Gasteiger partial charge in [0.05, 0.1) is 4.91 Å². The van der Waals surface area contributed by atoms with Gasteiger partial charge >= 0.3 is 0 Å².